The Morgan fingerprint density at radius 2 is 2.08 bits per heavy atom. The maximum Gasteiger partial charge on any atom is 0.109 e. The van der Waals surface area contributed by atoms with E-state index in [1.165, 1.54) is 11.1 Å². The summed E-state index contributed by atoms with van der Waals surface area (Å²) >= 11 is 0. The van der Waals surface area contributed by atoms with E-state index in [4.69, 9.17) is 4.74 Å². The van der Waals surface area contributed by atoms with E-state index in [0.29, 0.717) is 25.4 Å². The third-order valence-electron chi connectivity index (χ3n) is 6.58. The van der Waals surface area contributed by atoms with Gasteiger partial charge in [0.15, 0.2) is 0 Å². The zero-order valence-corrected chi connectivity index (χ0v) is 15.5. The fourth-order valence-corrected chi connectivity index (χ4v) is 5.06. The maximum absolute atomic E-state index is 11.2. The molecule has 3 heteroatoms. The molecule has 3 aliphatic rings. The normalized spacial score (nSPS) is 41.8. The van der Waals surface area contributed by atoms with Crippen LogP contribution in [-0.4, -0.2) is 35.6 Å². The third kappa shape index (κ3) is 2.81. The van der Waals surface area contributed by atoms with Gasteiger partial charge in [0.1, 0.15) is 5.60 Å². The number of rotatable bonds is 3. The molecule has 3 aliphatic carbocycles. The quantitative estimate of drug-likeness (QED) is 0.776. The summed E-state index contributed by atoms with van der Waals surface area (Å²) in [6.07, 6.45) is 5.18. The minimum absolute atomic E-state index is 0.134. The van der Waals surface area contributed by atoms with E-state index in [1.807, 2.05) is 0 Å². The van der Waals surface area contributed by atoms with Crippen molar-refractivity contribution in [2.75, 3.05) is 13.7 Å². The van der Waals surface area contributed by atoms with Gasteiger partial charge in [-0.2, -0.15) is 0 Å². The van der Waals surface area contributed by atoms with Gasteiger partial charge in [0.2, 0.25) is 0 Å². The van der Waals surface area contributed by atoms with Crippen LogP contribution in [0.3, 0.4) is 0 Å². The zero-order chi connectivity index (χ0) is 17.6. The number of aliphatic hydroxyl groups is 2. The number of methoxy groups -OCH3 is 1. The van der Waals surface area contributed by atoms with Gasteiger partial charge < -0.3 is 14.9 Å². The first-order chi connectivity index (χ1) is 11.3. The molecule has 0 heterocycles. The van der Waals surface area contributed by atoms with E-state index in [1.54, 1.807) is 7.11 Å². The van der Waals surface area contributed by atoms with Crippen LogP contribution in [0.5, 0.6) is 0 Å². The van der Waals surface area contributed by atoms with Crippen LogP contribution in [0.4, 0.5) is 0 Å². The summed E-state index contributed by atoms with van der Waals surface area (Å²) < 4.78 is 5.32. The summed E-state index contributed by atoms with van der Waals surface area (Å²) in [4.78, 5) is 0. The summed E-state index contributed by atoms with van der Waals surface area (Å²) in [5, 5.41) is 22.0. The molecule has 5 atom stereocenters. The van der Waals surface area contributed by atoms with Crippen molar-refractivity contribution < 1.29 is 14.9 Å². The lowest BCUT2D eigenvalue weighted by molar-refractivity contribution is -0.0000838. The summed E-state index contributed by atoms with van der Waals surface area (Å²) in [6, 6.07) is 0. The summed E-state index contributed by atoms with van der Waals surface area (Å²) in [5.41, 5.74) is 4.04. The summed E-state index contributed by atoms with van der Waals surface area (Å²) in [6.45, 7) is 11.3. The monoisotopic (exact) mass is 332 g/mol. The number of hydrogen-bond acceptors (Lipinski definition) is 3. The van der Waals surface area contributed by atoms with Crippen LogP contribution in [0, 0.1) is 23.7 Å². The van der Waals surface area contributed by atoms with Crippen molar-refractivity contribution in [1.29, 1.82) is 0 Å². The Balaban J connectivity index is 2.06. The minimum Gasteiger partial charge on any atom is -0.392 e. The fraction of sp³-hybridized carbons (Fsp3) is 0.714. The highest BCUT2D eigenvalue weighted by Crippen LogP contribution is 2.51. The van der Waals surface area contributed by atoms with Gasteiger partial charge in [-0.3, -0.25) is 0 Å². The smallest absolute Gasteiger partial charge is 0.109 e. The number of ether oxygens (including phenoxy) is 1. The highest BCUT2D eigenvalue weighted by Gasteiger charge is 2.47. The second-order valence-corrected chi connectivity index (χ2v) is 8.36. The average molecular weight is 332 g/mol. The Morgan fingerprint density at radius 3 is 2.71 bits per heavy atom. The molecule has 24 heavy (non-hydrogen) atoms. The van der Waals surface area contributed by atoms with E-state index in [0.717, 1.165) is 24.0 Å². The molecule has 0 saturated heterocycles. The Morgan fingerprint density at radius 1 is 1.38 bits per heavy atom. The molecule has 3 rings (SSSR count). The van der Waals surface area contributed by atoms with Crippen LogP contribution < -0.4 is 0 Å². The first-order valence-corrected chi connectivity index (χ1v) is 9.31. The maximum atomic E-state index is 11.2. The van der Waals surface area contributed by atoms with Crippen molar-refractivity contribution in [3.63, 3.8) is 0 Å². The molecule has 0 aliphatic heterocycles. The van der Waals surface area contributed by atoms with Crippen molar-refractivity contribution in [1.82, 2.24) is 0 Å². The molecule has 0 aromatic heterocycles. The van der Waals surface area contributed by atoms with Crippen molar-refractivity contribution in [3.8, 4) is 0 Å². The second-order valence-electron chi connectivity index (χ2n) is 8.36. The summed E-state index contributed by atoms with van der Waals surface area (Å²) in [7, 11) is 1.64. The molecule has 2 N–H and O–H groups in total. The lowest BCUT2D eigenvalue weighted by Gasteiger charge is -2.31. The van der Waals surface area contributed by atoms with Crippen molar-refractivity contribution in [2.45, 2.75) is 58.2 Å². The Bertz CT molecular complexity index is 586. The van der Waals surface area contributed by atoms with Crippen LogP contribution in [-0.2, 0) is 4.74 Å². The first kappa shape index (κ1) is 17.9. The highest BCUT2D eigenvalue weighted by atomic mass is 16.5. The Hall–Kier alpha value is -0.900. The lowest BCUT2D eigenvalue weighted by atomic mass is 9.79. The van der Waals surface area contributed by atoms with Crippen LogP contribution in [0.25, 0.3) is 0 Å². The molecule has 0 amide bonds. The van der Waals surface area contributed by atoms with Crippen molar-refractivity contribution >= 4 is 0 Å². The Kier molecular flexibility index (Phi) is 4.80. The van der Waals surface area contributed by atoms with Gasteiger partial charge >= 0.3 is 0 Å². The van der Waals surface area contributed by atoms with Gasteiger partial charge in [-0.1, -0.05) is 39.0 Å². The average Bonchev–Trinajstić information content (AvgIpc) is 3.00. The molecule has 0 unspecified atom stereocenters. The Labute approximate surface area is 146 Å². The van der Waals surface area contributed by atoms with E-state index in [9.17, 15) is 10.2 Å². The molecule has 3 nitrogen and oxygen atoms in total. The van der Waals surface area contributed by atoms with Gasteiger partial charge in [0.05, 0.1) is 12.7 Å². The van der Waals surface area contributed by atoms with E-state index in [2.05, 4.69) is 33.4 Å². The number of hydrogen-bond donors (Lipinski definition) is 2. The molecule has 0 aromatic carbocycles. The zero-order valence-electron chi connectivity index (χ0n) is 15.5. The van der Waals surface area contributed by atoms with Gasteiger partial charge in [0.25, 0.3) is 0 Å². The van der Waals surface area contributed by atoms with E-state index < -0.39 is 5.60 Å². The number of fused-ring (bicyclic) bond motifs is 3. The predicted molar refractivity (Wildman–Crippen MR) is 96.5 cm³/mol. The molecular weight excluding hydrogens is 300 g/mol. The van der Waals surface area contributed by atoms with Crippen LogP contribution >= 0.6 is 0 Å². The van der Waals surface area contributed by atoms with E-state index in [-0.39, 0.29) is 23.9 Å². The standard InChI is InChI=1S/C21H32O3/c1-12(2)17-8-15-9-19-16(6-7-21(19,23)11-24-5)14(4)20(22)10-18(17)13(15)3/h9,12,14-16,20,22-23H,3,6-8,10-11H2,1-2,4-5H3/b19-9+/t14-,15-,16+,20+,21+/m1/s1. The van der Waals surface area contributed by atoms with Gasteiger partial charge in [0, 0.05) is 13.0 Å². The lowest BCUT2D eigenvalue weighted by Crippen LogP contribution is -2.36. The number of allylic oxidation sites excluding steroid dienone is 3. The topological polar surface area (TPSA) is 49.7 Å². The highest BCUT2D eigenvalue weighted by molar-refractivity contribution is 5.47. The van der Waals surface area contributed by atoms with Crippen LogP contribution in [0.15, 0.2) is 34.9 Å². The fourth-order valence-electron chi connectivity index (χ4n) is 5.06. The molecule has 0 spiro atoms. The van der Waals surface area contributed by atoms with Gasteiger partial charge in [-0.05, 0) is 60.2 Å². The molecule has 1 saturated carbocycles. The third-order valence-corrected chi connectivity index (χ3v) is 6.58. The second kappa shape index (κ2) is 6.44. The van der Waals surface area contributed by atoms with Gasteiger partial charge in [-0.15, -0.1) is 0 Å². The number of aliphatic hydroxyl groups excluding tert-OH is 1. The molecule has 1 fully saturated rings. The van der Waals surface area contributed by atoms with E-state index >= 15 is 0 Å². The summed E-state index contributed by atoms with van der Waals surface area (Å²) in [5.74, 6) is 1.10. The van der Waals surface area contributed by atoms with Gasteiger partial charge in [-0.25, -0.2) is 0 Å². The van der Waals surface area contributed by atoms with Crippen molar-refractivity contribution in [3.05, 3.63) is 34.9 Å². The SMILES string of the molecule is C=C1C2=C(C(C)C)C[C@@H]1/C=C1\[C@@H](CC[C@]1(O)COC)[C@@H](C)[C@@H](O)C2. The predicted octanol–water partition coefficient (Wildman–Crippen LogP) is 3.63. The molecular formula is C21H32O3. The molecule has 2 bridgehead atoms. The largest absolute Gasteiger partial charge is 0.392 e. The molecule has 0 radical (unpaired) electrons. The molecule has 0 aromatic rings. The minimum atomic E-state index is -0.890. The van der Waals surface area contributed by atoms with Crippen molar-refractivity contribution in [2.24, 2.45) is 23.7 Å². The van der Waals surface area contributed by atoms with Crippen LogP contribution in [0.1, 0.15) is 46.5 Å². The first-order valence-electron chi connectivity index (χ1n) is 9.31. The molecule has 134 valence electrons. The van der Waals surface area contributed by atoms with Crippen LogP contribution in [0.2, 0.25) is 0 Å².